The van der Waals surface area contributed by atoms with E-state index in [1.54, 1.807) is 12.1 Å². The Hall–Kier alpha value is -2.04. The van der Waals surface area contributed by atoms with Crippen molar-refractivity contribution in [1.82, 2.24) is 5.32 Å². The minimum absolute atomic E-state index is 0.0422. The number of carbonyl (C=O) groups excluding carboxylic acids is 1. The van der Waals surface area contributed by atoms with Crippen molar-refractivity contribution < 1.29 is 19.4 Å². The van der Waals surface area contributed by atoms with Crippen LogP contribution in [0.1, 0.15) is 42.5 Å². The molecule has 0 aliphatic heterocycles. The maximum absolute atomic E-state index is 12.2. The van der Waals surface area contributed by atoms with Crippen LogP contribution in [-0.2, 0) is 4.79 Å². The van der Waals surface area contributed by atoms with E-state index in [9.17, 15) is 9.59 Å². The molecule has 1 amide bonds. The van der Waals surface area contributed by atoms with Crippen molar-refractivity contribution in [1.29, 1.82) is 0 Å². The second-order valence-corrected chi connectivity index (χ2v) is 6.30. The van der Waals surface area contributed by atoms with Crippen LogP contribution < -0.4 is 10.1 Å². The molecule has 0 aromatic heterocycles. The molecule has 5 nitrogen and oxygen atoms in total. The summed E-state index contributed by atoms with van der Waals surface area (Å²) in [5.41, 5.74) is 0.581. The van der Waals surface area contributed by atoms with Crippen LogP contribution >= 0.6 is 0 Å². The molecule has 2 atom stereocenters. The second-order valence-electron chi connectivity index (χ2n) is 6.30. The van der Waals surface area contributed by atoms with Gasteiger partial charge in [0.05, 0.1) is 12.5 Å². The molecule has 2 N–H and O–H groups in total. The molecular formula is C17H21NO4. The number of amides is 1. The van der Waals surface area contributed by atoms with E-state index in [1.165, 1.54) is 12.8 Å². The zero-order valence-corrected chi connectivity index (χ0v) is 12.5. The monoisotopic (exact) mass is 303 g/mol. The highest BCUT2D eigenvalue weighted by molar-refractivity contribution is 5.94. The van der Waals surface area contributed by atoms with Crippen molar-refractivity contribution >= 4 is 11.9 Å². The lowest BCUT2D eigenvalue weighted by Gasteiger charge is -2.13. The maximum Gasteiger partial charge on any atom is 0.306 e. The number of nitrogens with one attached hydrogen (secondary N) is 1. The van der Waals surface area contributed by atoms with Crippen molar-refractivity contribution in [3.63, 3.8) is 0 Å². The van der Waals surface area contributed by atoms with Crippen molar-refractivity contribution in [3.8, 4) is 5.75 Å². The predicted molar refractivity (Wildman–Crippen MR) is 80.9 cm³/mol. The highest BCUT2D eigenvalue weighted by atomic mass is 16.5. The Bertz CT molecular complexity index is 550. The highest BCUT2D eigenvalue weighted by Crippen LogP contribution is 2.29. The number of hydrogen-bond donors (Lipinski definition) is 2. The SMILES string of the molecule is O=C(N[C@@H]1CC[C@H](C(=O)O)C1)c1ccc(OCC2CC2)cc1. The van der Waals surface area contributed by atoms with Crippen molar-refractivity contribution in [2.45, 2.75) is 38.1 Å². The largest absolute Gasteiger partial charge is 0.493 e. The smallest absolute Gasteiger partial charge is 0.306 e. The van der Waals surface area contributed by atoms with E-state index in [0.29, 0.717) is 24.3 Å². The van der Waals surface area contributed by atoms with Gasteiger partial charge in [-0.2, -0.15) is 0 Å². The summed E-state index contributed by atoms with van der Waals surface area (Å²) >= 11 is 0. The van der Waals surface area contributed by atoms with Crippen molar-refractivity contribution in [3.05, 3.63) is 29.8 Å². The Labute approximate surface area is 129 Å². The van der Waals surface area contributed by atoms with Gasteiger partial charge in [0, 0.05) is 11.6 Å². The molecule has 2 fully saturated rings. The van der Waals surface area contributed by atoms with Crippen LogP contribution in [0.2, 0.25) is 0 Å². The second kappa shape index (κ2) is 6.38. The molecule has 0 bridgehead atoms. The summed E-state index contributed by atoms with van der Waals surface area (Å²) in [5.74, 6) is 0.241. The van der Waals surface area contributed by atoms with Gasteiger partial charge in [-0.1, -0.05) is 0 Å². The molecule has 1 aromatic rings. The molecule has 0 unspecified atom stereocenters. The Kier molecular flexibility index (Phi) is 4.32. The van der Waals surface area contributed by atoms with E-state index in [2.05, 4.69) is 5.32 Å². The molecule has 0 saturated heterocycles. The molecule has 1 aromatic carbocycles. The summed E-state index contributed by atoms with van der Waals surface area (Å²) < 4.78 is 5.64. The number of ether oxygens (including phenoxy) is 1. The predicted octanol–water partition coefficient (Wildman–Crippen LogP) is 2.46. The summed E-state index contributed by atoms with van der Waals surface area (Å²) in [5, 5.41) is 11.9. The molecule has 2 aliphatic carbocycles. The fraction of sp³-hybridized carbons (Fsp3) is 0.529. The third-order valence-electron chi connectivity index (χ3n) is 4.42. The van der Waals surface area contributed by atoms with Gasteiger partial charge < -0.3 is 15.2 Å². The fourth-order valence-electron chi connectivity index (χ4n) is 2.81. The van der Waals surface area contributed by atoms with E-state index in [4.69, 9.17) is 9.84 Å². The van der Waals surface area contributed by atoms with Gasteiger partial charge in [0.1, 0.15) is 5.75 Å². The molecule has 0 heterocycles. The molecule has 5 heteroatoms. The van der Waals surface area contributed by atoms with Crippen LogP contribution in [0.5, 0.6) is 5.75 Å². The minimum Gasteiger partial charge on any atom is -0.493 e. The first-order chi connectivity index (χ1) is 10.6. The van der Waals surface area contributed by atoms with Gasteiger partial charge in [0.2, 0.25) is 0 Å². The molecule has 22 heavy (non-hydrogen) atoms. The van der Waals surface area contributed by atoms with Gasteiger partial charge >= 0.3 is 5.97 Å². The lowest BCUT2D eigenvalue weighted by Crippen LogP contribution is -2.33. The number of carbonyl (C=O) groups is 2. The molecule has 0 spiro atoms. The number of carboxylic acids is 1. The van der Waals surface area contributed by atoms with E-state index in [0.717, 1.165) is 18.8 Å². The molecular weight excluding hydrogens is 282 g/mol. The normalized spacial score (nSPS) is 24.0. The van der Waals surface area contributed by atoms with Gasteiger partial charge in [0.15, 0.2) is 0 Å². The first-order valence-electron chi connectivity index (χ1n) is 7.88. The average Bonchev–Trinajstić information content (AvgIpc) is 3.23. The topological polar surface area (TPSA) is 75.6 Å². The standard InChI is InChI=1S/C17H21NO4/c19-16(18-14-6-3-13(9-14)17(20)21)12-4-7-15(8-5-12)22-10-11-1-2-11/h4-5,7-8,11,13-14H,1-3,6,9-10H2,(H,18,19)(H,20,21)/t13-,14+/m0/s1. The van der Waals surface area contributed by atoms with Gasteiger partial charge in [-0.3, -0.25) is 9.59 Å². The van der Waals surface area contributed by atoms with E-state index in [-0.39, 0.29) is 17.9 Å². The van der Waals surface area contributed by atoms with Gasteiger partial charge in [-0.05, 0) is 62.3 Å². The van der Waals surface area contributed by atoms with Crippen molar-refractivity contribution in [2.24, 2.45) is 11.8 Å². The van der Waals surface area contributed by atoms with E-state index >= 15 is 0 Å². The van der Waals surface area contributed by atoms with Gasteiger partial charge in [-0.15, -0.1) is 0 Å². The minimum atomic E-state index is -0.770. The first kappa shape index (κ1) is 14.9. The highest BCUT2D eigenvalue weighted by Gasteiger charge is 2.30. The fourth-order valence-corrected chi connectivity index (χ4v) is 2.81. The molecule has 2 saturated carbocycles. The number of hydrogen-bond acceptors (Lipinski definition) is 3. The molecule has 2 aliphatic rings. The number of aliphatic carboxylic acids is 1. The first-order valence-corrected chi connectivity index (χ1v) is 7.88. The molecule has 3 rings (SSSR count). The lowest BCUT2D eigenvalue weighted by atomic mass is 10.1. The third-order valence-corrected chi connectivity index (χ3v) is 4.42. The zero-order valence-electron chi connectivity index (χ0n) is 12.5. The number of rotatable bonds is 6. The van der Waals surface area contributed by atoms with Crippen LogP contribution in [-0.4, -0.2) is 29.6 Å². The van der Waals surface area contributed by atoms with E-state index in [1.807, 2.05) is 12.1 Å². The van der Waals surface area contributed by atoms with E-state index < -0.39 is 5.97 Å². The van der Waals surface area contributed by atoms with Crippen LogP contribution in [0.3, 0.4) is 0 Å². The number of carboxylic acid groups (broad SMARTS) is 1. The van der Waals surface area contributed by atoms with Crippen LogP contribution in [0.4, 0.5) is 0 Å². The Balaban J connectivity index is 1.50. The maximum atomic E-state index is 12.2. The van der Waals surface area contributed by atoms with Gasteiger partial charge in [0.25, 0.3) is 5.91 Å². The van der Waals surface area contributed by atoms with Crippen LogP contribution in [0.25, 0.3) is 0 Å². The quantitative estimate of drug-likeness (QED) is 0.846. The Morgan fingerprint density at radius 2 is 1.86 bits per heavy atom. The Morgan fingerprint density at radius 1 is 1.14 bits per heavy atom. The van der Waals surface area contributed by atoms with Crippen LogP contribution in [0.15, 0.2) is 24.3 Å². The summed E-state index contributed by atoms with van der Waals surface area (Å²) in [6.07, 6.45) is 4.38. The lowest BCUT2D eigenvalue weighted by molar-refractivity contribution is -0.141. The summed E-state index contributed by atoms with van der Waals surface area (Å²) in [7, 11) is 0. The summed E-state index contributed by atoms with van der Waals surface area (Å²) in [6.45, 7) is 0.754. The summed E-state index contributed by atoms with van der Waals surface area (Å²) in [6, 6.07) is 7.08. The van der Waals surface area contributed by atoms with Gasteiger partial charge in [-0.25, -0.2) is 0 Å². The van der Waals surface area contributed by atoms with Crippen LogP contribution in [0, 0.1) is 11.8 Å². The van der Waals surface area contributed by atoms with Crippen molar-refractivity contribution in [2.75, 3.05) is 6.61 Å². The molecule has 0 radical (unpaired) electrons. The third kappa shape index (κ3) is 3.78. The zero-order chi connectivity index (χ0) is 15.5. The molecule has 118 valence electrons. The number of benzene rings is 1. The average molecular weight is 303 g/mol. The Morgan fingerprint density at radius 3 is 2.45 bits per heavy atom. The summed E-state index contributed by atoms with van der Waals surface area (Å²) in [4.78, 5) is 23.1.